The molecule has 4 rings (SSSR count). The van der Waals surface area contributed by atoms with Crippen molar-refractivity contribution in [3.8, 4) is 0 Å². The van der Waals surface area contributed by atoms with Crippen LogP contribution in [-0.2, 0) is 22.6 Å². The van der Waals surface area contributed by atoms with E-state index in [-0.39, 0.29) is 17.9 Å². The fourth-order valence-electron chi connectivity index (χ4n) is 3.65. The smallest absolute Gasteiger partial charge is 0.226 e. The van der Waals surface area contributed by atoms with Gasteiger partial charge in [-0.15, -0.1) is 0 Å². The van der Waals surface area contributed by atoms with E-state index in [0.717, 1.165) is 37.4 Å². The lowest BCUT2D eigenvalue weighted by molar-refractivity contribution is -0.142. The van der Waals surface area contributed by atoms with Gasteiger partial charge >= 0.3 is 0 Å². The highest BCUT2D eigenvalue weighted by molar-refractivity contribution is 5.79. The van der Waals surface area contributed by atoms with Crippen molar-refractivity contribution in [2.45, 2.75) is 38.9 Å². The second-order valence-corrected chi connectivity index (χ2v) is 6.45. The summed E-state index contributed by atoms with van der Waals surface area (Å²) in [7, 11) is 0. The van der Waals surface area contributed by atoms with Crippen LogP contribution in [0.1, 0.15) is 37.3 Å². The van der Waals surface area contributed by atoms with Gasteiger partial charge in [0.15, 0.2) is 0 Å². The number of rotatable bonds is 3. The first-order chi connectivity index (χ1) is 11.7. The maximum Gasteiger partial charge on any atom is 0.226 e. The summed E-state index contributed by atoms with van der Waals surface area (Å²) in [5.41, 5.74) is 1.10. The van der Waals surface area contributed by atoms with Crippen LogP contribution in [0.25, 0.3) is 0 Å². The maximum absolute atomic E-state index is 12.8. The quantitative estimate of drug-likeness (QED) is 0.834. The van der Waals surface area contributed by atoms with E-state index < -0.39 is 0 Å². The van der Waals surface area contributed by atoms with Crippen LogP contribution in [0.15, 0.2) is 18.9 Å². The van der Waals surface area contributed by atoms with Crippen molar-refractivity contribution in [1.29, 1.82) is 0 Å². The molecule has 1 atom stereocenters. The predicted molar refractivity (Wildman–Crippen MR) is 85.0 cm³/mol. The largest absolute Gasteiger partial charge is 0.381 e. The van der Waals surface area contributed by atoms with Crippen LogP contribution in [0.4, 0.5) is 0 Å². The third kappa shape index (κ3) is 2.71. The number of nitrogens with zero attached hydrogens (tertiary/aromatic N) is 6. The Balaban J connectivity index is 1.51. The lowest BCUT2D eigenvalue weighted by Gasteiger charge is -2.37. The predicted octanol–water partition coefficient (Wildman–Crippen LogP) is 0.853. The van der Waals surface area contributed by atoms with Crippen molar-refractivity contribution < 1.29 is 9.53 Å². The zero-order chi connectivity index (χ0) is 16.5. The fraction of sp³-hybridized carbons (Fsp3) is 0.625. The second kappa shape index (κ2) is 6.35. The number of carbonyl (C=O) groups is 1. The lowest BCUT2D eigenvalue weighted by Crippen LogP contribution is -2.45. The van der Waals surface area contributed by atoms with Crippen LogP contribution in [0, 0.1) is 5.92 Å². The van der Waals surface area contributed by atoms with Crippen LogP contribution in [0.3, 0.4) is 0 Å². The molecule has 0 aliphatic carbocycles. The number of amides is 1. The molecule has 4 heterocycles. The molecule has 2 aliphatic rings. The molecule has 0 aromatic carbocycles. The van der Waals surface area contributed by atoms with Gasteiger partial charge in [-0.1, -0.05) is 0 Å². The number of imidazole rings is 1. The summed E-state index contributed by atoms with van der Waals surface area (Å²) in [6.07, 6.45) is 6.77. The van der Waals surface area contributed by atoms with E-state index in [0.29, 0.717) is 19.8 Å². The molecule has 128 valence electrons. The van der Waals surface area contributed by atoms with E-state index in [9.17, 15) is 4.79 Å². The van der Waals surface area contributed by atoms with Gasteiger partial charge in [-0.25, -0.2) is 14.6 Å². The number of carbonyl (C=O) groups excluding carboxylic acids is 1. The highest BCUT2D eigenvalue weighted by atomic mass is 16.5. The third-order valence-corrected chi connectivity index (χ3v) is 5.02. The van der Waals surface area contributed by atoms with Crippen molar-refractivity contribution in [3.63, 3.8) is 0 Å². The molecular weight excluding hydrogens is 308 g/mol. The lowest BCUT2D eigenvalue weighted by atomic mass is 9.97. The second-order valence-electron chi connectivity index (χ2n) is 6.45. The van der Waals surface area contributed by atoms with Gasteiger partial charge in [0.2, 0.25) is 5.91 Å². The van der Waals surface area contributed by atoms with Crippen LogP contribution < -0.4 is 0 Å². The maximum atomic E-state index is 12.8. The van der Waals surface area contributed by atoms with Gasteiger partial charge in [0.25, 0.3) is 0 Å². The van der Waals surface area contributed by atoms with E-state index in [1.807, 2.05) is 11.1 Å². The molecule has 2 aliphatic heterocycles. The van der Waals surface area contributed by atoms with Gasteiger partial charge in [-0.05, 0) is 19.8 Å². The molecule has 2 aromatic heterocycles. The highest BCUT2D eigenvalue weighted by Crippen LogP contribution is 2.29. The molecule has 24 heavy (non-hydrogen) atoms. The van der Waals surface area contributed by atoms with Crippen molar-refractivity contribution in [2.24, 2.45) is 5.92 Å². The van der Waals surface area contributed by atoms with Crippen LogP contribution in [-0.4, -0.2) is 54.9 Å². The van der Waals surface area contributed by atoms with E-state index in [2.05, 4.69) is 26.6 Å². The van der Waals surface area contributed by atoms with E-state index >= 15 is 0 Å². The average molecular weight is 330 g/mol. The molecule has 2 aromatic rings. The molecule has 8 nitrogen and oxygen atoms in total. The first-order valence-electron chi connectivity index (χ1n) is 8.49. The molecule has 1 fully saturated rings. The van der Waals surface area contributed by atoms with Gasteiger partial charge in [-0.2, -0.15) is 5.10 Å². The zero-order valence-corrected chi connectivity index (χ0v) is 13.8. The fourth-order valence-corrected chi connectivity index (χ4v) is 3.65. The minimum Gasteiger partial charge on any atom is -0.381 e. The van der Waals surface area contributed by atoms with Crippen LogP contribution in [0.5, 0.6) is 0 Å². The SMILES string of the molecule is C[C@@H]1c2ncc(Cn3cncn3)n2CCN1C(=O)C1CCOCC1. The Hall–Kier alpha value is -2.22. The number of fused-ring (bicyclic) bond motifs is 1. The molecule has 0 N–H and O–H groups in total. The standard InChI is InChI=1S/C16H22N6O2/c1-12-15-18-8-14(9-20-11-17-10-19-20)22(15)5-4-21(12)16(23)13-2-6-24-7-3-13/h8,10-13H,2-7,9H2,1H3/t12-/m1/s1. The van der Waals surface area contributed by atoms with Gasteiger partial charge in [0, 0.05) is 32.2 Å². The van der Waals surface area contributed by atoms with Crippen LogP contribution in [0.2, 0.25) is 0 Å². The molecule has 1 saturated heterocycles. The van der Waals surface area contributed by atoms with E-state index in [1.165, 1.54) is 6.33 Å². The van der Waals surface area contributed by atoms with E-state index in [1.54, 1.807) is 11.0 Å². The summed E-state index contributed by atoms with van der Waals surface area (Å²) in [4.78, 5) is 23.4. The molecule has 1 amide bonds. The molecule has 8 heteroatoms. The number of hydrogen-bond acceptors (Lipinski definition) is 5. The molecule has 0 radical (unpaired) electrons. The Kier molecular flexibility index (Phi) is 4.05. The summed E-state index contributed by atoms with van der Waals surface area (Å²) in [5.74, 6) is 1.30. The third-order valence-electron chi connectivity index (χ3n) is 5.02. The first-order valence-corrected chi connectivity index (χ1v) is 8.49. The summed E-state index contributed by atoms with van der Waals surface area (Å²) < 4.78 is 9.37. The van der Waals surface area contributed by atoms with Gasteiger partial charge in [0.1, 0.15) is 18.5 Å². The summed E-state index contributed by atoms with van der Waals surface area (Å²) in [6, 6.07) is -0.00130. The minimum atomic E-state index is -0.00130. The van der Waals surface area contributed by atoms with Crippen molar-refractivity contribution in [3.05, 3.63) is 30.4 Å². The van der Waals surface area contributed by atoms with E-state index in [4.69, 9.17) is 4.74 Å². The van der Waals surface area contributed by atoms with Gasteiger partial charge in [-0.3, -0.25) is 4.79 Å². The Bertz CT molecular complexity index is 704. The van der Waals surface area contributed by atoms with Gasteiger partial charge < -0.3 is 14.2 Å². The molecule has 0 bridgehead atoms. The highest BCUT2D eigenvalue weighted by Gasteiger charge is 2.34. The average Bonchev–Trinajstić information content (AvgIpc) is 3.27. The minimum absolute atomic E-state index is 0.00130. The zero-order valence-electron chi connectivity index (χ0n) is 13.8. The summed E-state index contributed by atoms with van der Waals surface area (Å²) in [5, 5.41) is 4.15. The molecular formula is C16H22N6O2. The Labute approximate surface area is 140 Å². The van der Waals surface area contributed by atoms with Crippen molar-refractivity contribution >= 4 is 5.91 Å². The first kappa shape index (κ1) is 15.3. The Morgan fingerprint density at radius 2 is 2.17 bits per heavy atom. The topological polar surface area (TPSA) is 78.1 Å². The normalized spacial score (nSPS) is 21.7. The molecule has 0 saturated carbocycles. The van der Waals surface area contributed by atoms with Crippen molar-refractivity contribution in [2.75, 3.05) is 19.8 Å². The molecule has 0 unspecified atom stereocenters. The number of hydrogen-bond donors (Lipinski definition) is 0. The molecule has 0 spiro atoms. The van der Waals surface area contributed by atoms with Crippen molar-refractivity contribution in [1.82, 2.24) is 29.2 Å². The monoisotopic (exact) mass is 330 g/mol. The van der Waals surface area contributed by atoms with Gasteiger partial charge in [0.05, 0.1) is 24.5 Å². The summed E-state index contributed by atoms with van der Waals surface area (Å²) in [6.45, 7) is 5.59. The Morgan fingerprint density at radius 3 is 2.92 bits per heavy atom. The number of ether oxygens (including phenoxy) is 1. The van der Waals surface area contributed by atoms with Crippen LogP contribution >= 0.6 is 0 Å². The summed E-state index contributed by atoms with van der Waals surface area (Å²) >= 11 is 0. The Morgan fingerprint density at radius 1 is 1.33 bits per heavy atom. The number of aromatic nitrogens is 5.